The Kier molecular flexibility index (Phi) is 17.2. The smallest absolute Gasteiger partial charge is 0.258 e. The topological polar surface area (TPSA) is 253 Å². The van der Waals surface area contributed by atoms with E-state index in [-0.39, 0.29) is 111 Å². The normalized spacial score (nSPS) is 27.4. The summed E-state index contributed by atoms with van der Waals surface area (Å²) in [5.41, 5.74) is 7.34. The quantitative estimate of drug-likeness (QED) is 0.0192. The van der Waals surface area contributed by atoms with Crippen molar-refractivity contribution in [3.05, 3.63) is 99.1 Å². The molecule has 18 nitrogen and oxygen atoms in total. The first kappa shape index (κ1) is 59.4. The Morgan fingerprint density at radius 3 is 2.42 bits per heavy atom. The van der Waals surface area contributed by atoms with Crippen LogP contribution in [0.1, 0.15) is 141 Å². The minimum Gasteiger partial charge on any atom is -0.502 e. The van der Waals surface area contributed by atoms with Crippen LogP contribution in [0.4, 0.5) is 5.69 Å². The number of carbonyl (C=O) groups excluding carboxylic acids is 2. The number of aliphatic hydroxyl groups is 5. The SMILES string of the molecule is CCNCOc1cc(OCCNC)c2c3c1[C@@H](O)Nc1cc4c(c(c1-3)CC2)[C@@H](O)[C@H](c1cc(OC)c(O)c(OC[C@H](CO)[C@]23C[C@H](C5(N6C(=O)C=C(CNC)C6=O)CCCCC5)C[C@H]5[C@H]([C@H](CO)CCCO)C[C@H](C[C@H]52)c2ccccc23)c1)CO4. The lowest BCUT2D eigenvalue weighted by Gasteiger charge is -2.66. The van der Waals surface area contributed by atoms with Gasteiger partial charge < -0.3 is 70.3 Å². The Morgan fingerprint density at radius 1 is 0.871 bits per heavy atom. The second kappa shape index (κ2) is 24.7. The first-order valence-corrected chi connectivity index (χ1v) is 31.3. The number of phenols is 1. The first-order valence-electron chi connectivity index (χ1n) is 31.3. The second-order valence-corrected chi connectivity index (χ2v) is 25.4. The molecule has 2 amide bonds. The number of nitrogens with zero attached hydrogens (tertiary/aromatic N) is 1. The number of hydrogen-bond donors (Lipinski definition) is 10. The molecule has 12 rings (SSSR count). The van der Waals surface area contributed by atoms with Gasteiger partial charge in [-0.15, -0.1) is 0 Å². The number of ether oxygens (including phenoxy) is 5. The van der Waals surface area contributed by atoms with E-state index in [9.17, 15) is 40.2 Å². The van der Waals surface area contributed by atoms with E-state index >= 15 is 0 Å². The number of aromatic hydroxyl groups is 1. The van der Waals surface area contributed by atoms with Gasteiger partial charge >= 0.3 is 0 Å². The monoisotopic (exact) mass is 1170 g/mol. The van der Waals surface area contributed by atoms with E-state index in [1.165, 1.54) is 18.7 Å². The van der Waals surface area contributed by atoms with E-state index in [0.717, 1.165) is 66.3 Å². The van der Waals surface area contributed by atoms with E-state index in [1.54, 1.807) is 24.1 Å². The number of likely N-dealkylation sites (N-methyl/N-ethyl adjacent to an activating group) is 2. The highest BCUT2D eigenvalue weighted by Gasteiger charge is 2.65. The Hall–Kier alpha value is -5.96. The standard InChI is InChI=1S/C67H87N5O13/c1-5-70-36-85-54-29-52(82-21-19-68-2)44-15-16-45-58-51(71-64(79)61(54)60(44)58)28-53-59(45)62(77)48(35-84-53)39-24-55(81-4)63(78)56(25-39)83-34-42(33-75)67-30-41(66(17-9-6-10-18-66)72-57(76)26-40(31-69-3)65(72)80)27-47-46(37(32-74)12-11-20-73)22-38(23-50(47)67)43-13-7-8-14-49(43)67/h7-8,13-14,24-26,28-29,37-38,41-42,46-48,50,62,64,68-71,73-75,77-79H,5-6,9-12,15-23,27,30-36H2,1-4H3/t37-,38+,41+,42-,46-,47-,48-,50+,62-,64+,67-/m0/s1. The molecular formula is C67H87N5O13. The van der Waals surface area contributed by atoms with Gasteiger partial charge in [0, 0.05) is 95.3 Å². The van der Waals surface area contributed by atoms with Gasteiger partial charge in [0.1, 0.15) is 30.6 Å². The average molecular weight is 1170 g/mol. The number of anilines is 1. The van der Waals surface area contributed by atoms with E-state index in [4.69, 9.17) is 23.7 Å². The van der Waals surface area contributed by atoms with Gasteiger partial charge in [0.05, 0.1) is 44.1 Å². The summed E-state index contributed by atoms with van der Waals surface area (Å²) in [6.07, 6.45) is 8.83. The lowest BCUT2D eigenvalue weighted by Crippen LogP contribution is -2.65. The van der Waals surface area contributed by atoms with Gasteiger partial charge in [-0.2, -0.15) is 0 Å². The summed E-state index contributed by atoms with van der Waals surface area (Å²) in [6, 6.07) is 15.8. The molecular weight excluding hydrogens is 1080 g/mol. The van der Waals surface area contributed by atoms with Gasteiger partial charge in [-0.25, -0.2) is 0 Å². The molecule has 5 aliphatic carbocycles. The minimum absolute atomic E-state index is 0.0169. The zero-order valence-corrected chi connectivity index (χ0v) is 49.7. The second-order valence-electron chi connectivity index (χ2n) is 25.4. The third-order valence-electron chi connectivity index (χ3n) is 21.4. The maximum Gasteiger partial charge on any atom is 0.258 e. The van der Waals surface area contributed by atoms with Crippen LogP contribution in [0.25, 0.3) is 11.1 Å². The van der Waals surface area contributed by atoms with Gasteiger partial charge in [-0.1, -0.05) is 50.5 Å². The van der Waals surface area contributed by atoms with Crippen molar-refractivity contribution in [2.45, 2.75) is 126 Å². The highest BCUT2D eigenvalue weighted by Crippen LogP contribution is 2.69. The van der Waals surface area contributed by atoms with Crippen LogP contribution in [0.5, 0.6) is 34.5 Å². The molecule has 8 aliphatic rings. The molecule has 3 fully saturated rings. The lowest BCUT2D eigenvalue weighted by atomic mass is 9.40. The predicted molar refractivity (Wildman–Crippen MR) is 320 cm³/mol. The van der Waals surface area contributed by atoms with Crippen LogP contribution in [0.15, 0.2) is 60.2 Å². The van der Waals surface area contributed by atoms with Crippen molar-refractivity contribution in [3.63, 3.8) is 0 Å². The molecule has 3 heterocycles. The van der Waals surface area contributed by atoms with Crippen LogP contribution in [0, 0.1) is 35.5 Å². The summed E-state index contributed by atoms with van der Waals surface area (Å²) in [4.78, 5) is 30.8. The molecule has 0 saturated heterocycles. The molecule has 10 N–H and O–H groups in total. The van der Waals surface area contributed by atoms with Crippen LogP contribution < -0.4 is 45.0 Å². The third-order valence-corrected chi connectivity index (χ3v) is 21.4. The van der Waals surface area contributed by atoms with Gasteiger partial charge in [-0.3, -0.25) is 19.8 Å². The van der Waals surface area contributed by atoms with E-state index < -0.39 is 35.1 Å². The summed E-state index contributed by atoms with van der Waals surface area (Å²) in [5.74, 6) is 0.0984. The van der Waals surface area contributed by atoms with E-state index in [1.807, 2.05) is 26.1 Å². The van der Waals surface area contributed by atoms with E-state index in [0.29, 0.717) is 110 Å². The van der Waals surface area contributed by atoms with Crippen LogP contribution in [0.3, 0.4) is 0 Å². The van der Waals surface area contributed by atoms with Crippen molar-refractivity contribution in [1.82, 2.24) is 20.9 Å². The third kappa shape index (κ3) is 10.0. The fourth-order valence-electron chi connectivity index (χ4n) is 17.7. The van der Waals surface area contributed by atoms with Crippen LogP contribution in [-0.2, 0) is 27.8 Å². The minimum atomic E-state index is -1.09. The maximum atomic E-state index is 14.7. The fourth-order valence-corrected chi connectivity index (χ4v) is 17.7. The number of hydrogen-bond acceptors (Lipinski definition) is 17. The van der Waals surface area contributed by atoms with Gasteiger partial charge in [0.25, 0.3) is 11.8 Å². The number of fused-ring (bicyclic) bond motifs is 6. The van der Waals surface area contributed by atoms with Crippen molar-refractivity contribution in [1.29, 1.82) is 0 Å². The number of nitrogens with one attached hydrogen (secondary N) is 4. The Morgan fingerprint density at radius 2 is 1.67 bits per heavy atom. The number of aliphatic hydroxyl groups excluding tert-OH is 5. The molecule has 2 bridgehead atoms. The highest BCUT2D eigenvalue weighted by molar-refractivity contribution is 6.17. The molecule has 18 heteroatoms. The molecule has 0 radical (unpaired) electrons. The molecule has 0 unspecified atom stereocenters. The van der Waals surface area contributed by atoms with Crippen molar-refractivity contribution >= 4 is 17.5 Å². The van der Waals surface area contributed by atoms with Crippen molar-refractivity contribution in [2.75, 3.05) is 92.5 Å². The number of amides is 2. The summed E-state index contributed by atoms with van der Waals surface area (Å²) in [6.45, 7) is 4.04. The largest absolute Gasteiger partial charge is 0.502 e. The number of phenolic OH excluding ortho intramolecular Hbond substituents is 1. The summed E-state index contributed by atoms with van der Waals surface area (Å²) in [5, 5.41) is 83.2. The van der Waals surface area contributed by atoms with E-state index in [2.05, 4.69) is 45.5 Å². The summed E-state index contributed by atoms with van der Waals surface area (Å²) >= 11 is 0. The zero-order valence-electron chi connectivity index (χ0n) is 49.7. The molecule has 3 aliphatic heterocycles. The zero-order chi connectivity index (χ0) is 59.3. The predicted octanol–water partition coefficient (Wildman–Crippen LogP) is 7.01. The molecule has 4 aromatic rings. The van der Waals surface area contributed by atoms with Gasteiger partial charge in [-0.05, 0) is 155 Å². The Labute approximate surface area is 498 Å². The highest BCUT2D eigenvalue weighted by atomic mass is 16.5. The molecule has 458 valence electrons. The summed E-state index contributed by atoms with van der Waals surface area (Å²) in [7, 11) is 5.13. The Balaban J connectivity index is 0.919. The van der Waals surface area contributed by atoms with Crippen molar-refractivity contribution in [3.8, 4) is 45.6 Å². The van der Waals surface area contributed by atoms with Crippen LogP contribution in [0.2, 0.25) is 0 Å². The summed E-state index contributed by atoms with van der Waals surface area (Å²) < 4.78 is 32.2. The Bertz CT molecular complexity index is 3180. The van der Waals surface area contributed by atoms with Crippen molar-refractivity contribution in [2.24, 2.45) is 35.5 Å². The molecule has 0 spiro atoms. The molecule has 4 aromatic carbocycles. The number of imide groups is 1. The fraction of sp³-hybridized carbons (Fsp3) is 0.582. The first-order chi connectivity index (χ1) is 41.4. The number of methoxy groups -OCH3 is 1. The van der Waals surface area contributed by atoms with Crippen LogP contribution >= 0.6 is 0 Å². The lowest BCUT2D eigenvalue weighted by molar-refractivity contribution is -0.158. The number of benzene rings is 4. The number of carbonyl (C=O) groups is 2. The molecule has 85 heavy (non-hydrogen) atoms. The maximum absolute atomic E-state index is 14.7. The molecule has 0 aromatic heterocycles. The molecule has 11 atom stereocenters. The number of rotatable bonds is 24. The van der Waals surface area contributed by atoms with Crippen LogP contribution in [-0.4, -0.2) is 140 Å². The van der Waals surface area contributed by atoms with Crippen molar-refractivity contribution < 1.29 is 63.9 Å². The molecule has 3 saturated carbocycles. The average Bonchev–Trinajstić information content (AvgIpc) is 0.942. The van der Waals surface area contributed by atoms with Gasteiger partial charge in [0.2, 0.25) is 5.75 Å². The van der Waals surface area contributed by atoms with Gasteiger partial charge in [0.15, 0.2) is 17.7 Å².